The quantitative estimate of drug-likeness (QED) is 0.852. The second kappa shape index (κ2) is 7.59. The molecule has 8 heteroatoms. The number of amides is 1. The first-order chi connectivity index (χ1) is 12.3. The maximum absolute atomic E-state index is 12.6. The lowest BCUT2D eigenvalue weighted by atomic mass is 9.85. The number of hydrogen-bond acceptors (Lipinski definition) is 5. The highest BCUT2D eigenvalue weighted by Gasteiger charge is 2.34. The molecule has 26 heavy (non-hydrogen) atoms. The van der Waals surface area contributed by atoms with Crippen molar-refractivity contribution in [3.05, 3.63) is 53.4 Å². The summed E-state index contributed by atoms with van der Waals surface area (Å²) in [5, 5.41) is 3.79. The van der Waals surface area contributed by atoms with Gasteiger partial charge in [-0.05, 0) is 18.9 Å². The Balaban J connectivity index is 1.74. The fourth-order valence-electron chi connectivity index (χ4n) is 3.43. The van der Waals surface area contributed by atoms with E-state index in [1.807, 2.05) is 30.3 Å². The van der Waals surface area contributed by atoms with Crippen LogP contribution in [0.1, 0.15) is 29.4 Å². The van der Waals surface area contributed by atoms with Crippen LogP contribution in [0.25, 0.3) is 0 Å². The molecular weight excluding hydrogens is 354 g/mol. The van der Waals surface area contributed by atoms with Crippen LogP contribution in [-0.4, -0.2) is 49.8 Å². The Morgan fingerprint density at radius 1 is 1.35 bits per heavy atom. The monoisotopic (exact) mass is 377 g/mol. The number of rotatable bonds is 5. The van der Waals surface area contributed by atoms with E-state index in [-0.39, 0.29) is 24.3 Å². The lowest BCUT2D eigenvalue weighted by Gasteiger charge is -2.38. The highest BCUT2D eigenvalue weighted by molar-refractivity contribution is 7.88. The van der Waals surface area contributed by atoms with E-state index in [2.05, 4.69) is 9.88 Å². The zero-order valence-corrected chi connectivity index (χ0v) is 15.7. The molecule has 1 saturated heterocycles. The lowest BCUT2D eigenvalue weighted by Crippen LogP contribution is -2.53. The molecule has 1 amide bonds. The van der Waals surface area contributed by atoms with E-state index in [0.717, 1.165) is 17.5 Å². The van der Waals surface area contributed by atoms with E-state index in [1.54, 1.807) is 17.9 Å². The molecule has 3 rings (SSSR count). The van der Waals surface area contributed by atoms with Gasteiger partial charge in [0, 0.05) is 31.1 Å². The molecule has 1 fully saturated rings. The smallest absolute Gasteiger partial charge is 0.230 e. The summed E-state index contributed by atoms with van der Waals surface area (Å²) in [6.45, 7) is 2.71. The molecule has 0 bridgehead atoms. The fourth-order valence-corrected chi connectivity index (χ4v) is 4.22. The number of carbonyl (C=O) groups is 1. The maximum Gasteiger partial charge on any atom is 0.230 e. The SMILES string of the molecule is Cc1cc(CC(=O)N2CC[C@@H](c3ccccc3)[C@@H](NS(C)(=O)=O)C2)on1. The Bertz CT molecular complexity index is 864. The molecule has 0 saturated carbocycles. The van der Waals surface area contributed by atoms with Gasteiger partial charge < -0.3 is 9.42 Å². The summed E-state index contributed by atoms with van der Waals surface area (Å²) in [5.74, 6) is 0.459. The number of benzene rings is 1. The largest absolute Gasteiger partial charge is 0.361 e. The summed E-state index contributed by atoms with van der Waals surface area (Å²) in [4.78, 5) is 14.3. The Morgan fingerprint density at radius 2 is 2.08 bits per heavy atom. The number of hydrogen-bond donors (Lipinski definition) is 1. The van der Waals surface area contributed by atoms with Crippen LogP contribution < -0.4 is 4.72 Å². The standard InChI is InChI=1S/C18H23N3O4S/c1-13-10-15(25-19-13)11-18(22)21-9-8-16(14-6-4-3-5-7-14)17(12-21)20-26(2,23)24/h3-7,10,16-17,20H,8-9,11-12H2,1-2H3/t16-,17-/m0/s1. The maximum atomic E-state index is 12.6. The minimum atomic E-state index is -3.39. The second-order valence-electron chi connectivity index (χ2n) is 6.75. The number of carbonyl (C=O) groups excluding carboxylic acids is 1. The number of aryl methyl sites for hydroxylation is 1. The molecule has 0 spiro atoms. The third-order valence-corrected chi connectivity index (χ3v) is 5.29. The van der Waals surface area contributed by atoms with Gasteiger partial charge in [0.15, 0.2) is 0 Å². The Hall–Kier alpha value is -2.19. The molecule has 2 heterocycles. The van der Waals surface area contributed by atoms with Gasteiger partial charge in [0.05, 0.1) is 18.4 Å². The molecule has 7 nitrogen and oxygen atoms in total. The molecule has 1 aliphatic rings. The molecule has 0 unspecified atom stereocenters. The Morgan fingerprint density at radius 3 is 2.69 bits per heavy atom. The van der Waals surface area contributed by atoms with Crippen molar-refractivity contribution in [2.45, 2.75) is 31.7 Å². The average Bonchev–Trinajstić information content (AvgIpc) is 2.99. The van der Waals surface area contributed by atoms with E-state index < -0.39 is 10.0 Å². The van der Waals surface area contributed by atoms with E-state index >= 15 is 0 Å². The number of aromatic nitrogens is 1. The van der Waals surface area contributed by atoms with Crippen molar-refractivity contribution >= 4 is 15.9 Å². The summed E-state index contributed by atoms with van der Waals surface area (Å²) in [6.07, 6.45) is 1.97. The normalized spacial score (nSPS) is 20.9. The topological polar surface area (TPSA) is 92.5 Å². The fraction of sp³-hybridized carbons (Fsp3) is 0.444. The molecule has 2 atom stereocenters. The van der Waals surface area contributed by atoms with Crippen LogP contribution >= 0.6 is 0 Å². The van der Waals surface area contributed by atoms with Crippen LogP contribution in [-0.2, 0) is 21.2 Å². The summed E-state index contributed by atoms with van der Waals surface area (Å²) in [7, 11) is -3.39. The van der Waals surface area contributed by atoms with E-state index in [4.69, 9.17) is 4.52 Å². The van der Waals surface area contributed by atoms with Crippen molar-refractivity contribution in [2.75, 3.05) is 19.3 Å². The third kappa shape index (κ3) is 4.70. The van der Waals surface area contributed by atoms with Gasteiger partial charge >= 0.3 is 0 Å². The van der Waals surface area contributed by atoms with Crippen LogP contribution in [0.2, 0.25) is 0 Å². The molecule has 1 N–H and O–H groups in total. The van der Waals surface area contributed by atoms with E-state index in [9.17, 15) is 13.2 Å². The zero-order chi connectivity index (χ0) is 18.7. The van der Waals surface area contributed by atoms with Gasteiger partial charge in [-0.3, -0.25) is 4.79 Å². The van der Waals surface area contributed by atoms with Crippen molar-refractivity contribution in [1.82, 2.24) is 14.8 Å². The predicted octanol–water partition coefficient (Wildman–Crippen LogP) is 1.46. The third-order valence-electron chi connectivity index (χ3n) is 4.56. The lowest BCUT2D eigenvalue weighted by molar-refractivity contribution is -0.132. The van der Waals surface area contributed by atoms with Gasteiger partial charge in [0.2, 0.25) is 15.9 Å². The van der Waals surface area contributed by atoms with Crippen molar-refractivity contribution in [3.8, 4) is 0 Å². The summed E-state index contributed by atoms with van der Waals surface area (Å²) in [6, 6.07) is 11.2. The van der Waals surface area contributed by atoms with Crippen molar-refractivity contribution < 1.29 is 17.7 Å². The van der Waals surface area contributed by atoms with Crippen LogP contribution in [0.5, 0.6) is 0 Å². The summed E-state index contributed by atoms with van der Waals surface area (Å²) in [5.41, 5.74) is 1.80. The predicted molar refractivity (Wildman–Crippen MR) is 97.1 cm³/mol. The highest BCUT2D eigenvalue weighted by Crippen LogP contribution is 2.29. The Kier molecular flexibility index (Phi) is 5.43. The summed E-state index contributed by atoms with van der Waals surface area (Å²) < 4.78 is 31.4. The van der Waals surface area contributed by atoms with Crippen LogP contribution in [0.4, 0.5) is 0 Å². The van der Waals surface area contributed by atoms with Gasteiger partial charge in [0.25, 0.3) is 0 Å². The second-order valence-corrected chi connectivity index (χ2v) is 8.53. The van der Waals surface area contributed by atoms with Crippen LogP contribution in [0, 0.1) is 6.92 Å². The molecule has 1 aliphatic heterocycles. The zero-order valence-electron chi connectivity index (χ0n) is 14.9. The minimum Gasteiger partial charge on any atom is -0.361 e. The van der Waals surface area contributed by atoms with Crippen LogP contribution in [0.15, 0.2) is 40.9 Å². The number of nitrogens with zero attached hydrogens (tertiary/aromatic N) is 2. The first kappa shape index (κ1) is 18.6. The molecule has 140 valence electrons. The van der Waals surface area contributed by atoms with Gasteiger partial charge in [-0.2, -0.15) is 0 Å². The number of nitrogens with one attached hydrogen (secondary N) is 1. The van der Waals surface area contributed by atoms with E-state index in [0.29, 0.717) is 25.3 Å². The minimum absolute atomic E-state index is 0.0301. The molecule has 1 aromatic heterocycles. The highest BCUT2D eigenvalue weighted by atomic mass is 32.2. The van der Waals surface area contributed by atoms with Crippen molar-refractivity contribution in [2.24, 2.45) is 0 Å². The average molecular weight is 377 g/mol. The summed E-state index contributed by atoms with van der Waals surface area (Å²) >= 11 is 0. The van der Waals surface area contributed by atoms with Crippen LogP contribution in [0.3, 0.4) is 0 Å². The van der Waals surface area contributed by atoms with Gasteiger partial charge in [0.1, 0.15) is 5.76 Å². The van der Waals surface area contributed by atoms with Gasteiger partial charge in [-0.25, -0.2) is 13.1 Å². The first-order valence-electron chi connectivity index (χ1n) is 8.54. The molecule has 1 aromatic carbocycles. The van der Waals surface area contributed by atoms with Gasteiger partial charge in [-0.1, -0.05) is 35.5 Å². The molecular formula is C18H23N3O4S. The molecule has 2 aromatic rings. The first-order valence-corrected chi connectivity index (χ1v) is 10.4. The van der Waals surface area contributed by atoms with Crippen molar-refractivity contribution in [3.63, 3.8) is 0 Å². The van der Waals surface area contributed by atoms with Crippen molar-refractivity contribution in [1.29, 1.82) is 0 Å². The number of piperidine rings is 1. The molecule has 0 radical (unpaired) electrons. The Labute approximate surface area is 153 Å². The van der Waals surface area contributed by atoms with E-state index in [1.165, 1.54) is 0 Å². The van der Waals surface area contributed by atoms with Gasteiger partial charge in [-0.15, -0.1) is 0 Å². The molecule has 0 aliphatic carbocycles. The number of sulfonamides is 1. The number of likely N-dealkylation sites (tertiary alicyclic amines) is 1.